The predicted molar refractivity (Wildman–Crippen MR) is 123 cm³/mol. The van der Waals surface area contributed by atoms with Gasteiger partial charge >= 0.3 is 0 Å². The van der Waals surface area contributed by atoms with Gasteiger partial charge in [-0.3, -0.25) is 4.79 Å². The lowest BCUT2D eigenvalue weighted by molar-refractivity contribution is 0.0957. The Labute approximate surface area is 182 Å². The minimum Gasteiger partial charge on any atom is -0.351 e. The van der Waals surface area contributed by atoms with Gasteiger partial charge in [-0.05, 0) is 38.3 Å². The van der Waals surface area contributed by atoms with Crippen LogP contribution in [0.5, 0.6) is 0 Å². The number of benzene rings is 2. The van der Waals surface area contributed by atoms with E-state index in [2.05, 4.69) is 16.4 Å². The van der Waals surface area contributed by atoms with Crippen molar-refractivity contribution in [3.63, 3.8) is 0 Å². The lowest BCUT2D eigenvalue weighted by Gasteiger charge is -2.06. The van der Waals surface area contributed by atoms with Crippen LogP contribution in [0.4, 0.5) is 0 Å². The molecule has 0 aliphatic heterocycles. The van der Waals surface area contributed by atoms with Crippen LogP contribution in [-0.2, 0) is 15.6 Å². The summed E-state index contributed by atoms with van der Waals surface area (Å²) in [5, 5.41) is 3.65. The van der Waals surface area contributed by atoms with Gasteiger partial charge in [-0.25, -0.2) is 13.4 Å². The van der Waals surface area contributed by atoms with Gasteiger partial charge in [-0.15, -0.1) is 11.3 Å². The summed E-state index contributed by atoms with van der Waals surface area (Å²) >= 11 is 1.36. The number of carbonyl (C=O) groups is 1. The van der Waals surface area contributed by atoms with Crippen molar-refractivity contribution in [1.29, 1.82) is 0 Å². The quantitative estimate of drug-likeness (QED) is 0.522. The number of aryl methyl sites for hydroxylation is 3. The molecule has 3 rings (SSSR count). The fraction of sp³-hybridized carbons (Fsp3) is 0.304. The average Bonchev–Trinajstić information content (AvgIpc) is 3.07. The van der Waals surface area contributed by atoms with Crippen molar-refractivity contribution in [2.24, 2.45) is 0 Å². The number of nitrogens with zero attached hydrogens (tertiary/aromatic N) is 1. The van der Waals surface area contributed by atoms with E-state index in [-0.39, 0.29) is 17.4 Å². The molecule has 1 N–H and O–H groups in total. The molecule has 158 valence electrons. The zero-order valence-electron chi connectivity index (χ0n) is 17.4. The van der Waals surface area contributed by atoms with E-state index in [0.29, 0.717) is 23.5 Å². The van der Waals surface area contributed by atoms with Crippen molar-refractivity contribution in [3.8, 4) is 10.6 Å². The molecule has 7 heteroatoms. The monoisotopic (exact) mass is 442 g/mol. The molecule has 30 heavy (non-hydrogen) atoms. The number of hydrogen-bond acceptors (Lipinski definition) is 5. The molecule has 5 nitrogen and oxygen atoms in total. The Morgan fingerprint density at radius 1 is 1.07 bits per heavy atom. The van der Waals surface area contributed by atoms with Gasteiger partial charge in [0.15, 0.2) is 9.84 Å². The number of thiazole rings is 1. The highest BCUT2D eigenvalue weighted by molar-refractivity contribution is 7.90. The molecule has 1 amide bonds. The van der Waals surface area contributed by atoms with Crippen molar-refractivity contribution < 1.29 is 13.2 Å². The molecule has 3 aromatic rings. The molecule has 1 heterocycles. The molecule has 0 atom stereocenters. The molecule has 0 fully saturated rings. The van der Waals surface area contributed by atoms with E-state index in [4.69, 9.17) is 0 Å². The Kier molecular flexibility index (Phi) is 7.05. The maximum absolute atomic E-state index is 12.6. The summed E-state index contributed by atoms with van der Waals surface area (Å²) in [5.41, 5.74) is 4.80. The second-order valence-electron chi connectivity index (χ2n) is 7.44. The van der Waals surface area contributed by atoms with Crippen molar-refractivity contribution in [1.82, 2.24) is 10.3 Å². The van der Waals surface area contributed by atoms with Crippen LogP contribution in [0.25, 0.3) is 10.6 Å². The summed E-state index contributed by atoms with van der Waals surface area (Å²) in [6.45, 7) is 6.21. The Bertz CT molecular complexity index is 1140. The van der Waals surface area contributed by atoms with Gasteiger partial charge in [0.25, 0.3) is 5.91 Å². The van der Waals surface area contributed by atoms with Crippen molar-refractivity contribution in [2.45, 2.75) is 32.9 Å². The molecule has 0 saturated carbocycles. The predicted octanol–water partition coefficient (Wildman–Crippen LogP) is 4.47. The zero-order valence-corrected chi connectivity index (χ0v) is 19.1. The third-order valence-electron chi connectivity index (χ3n) is 4.76. The fourth-order valence-corrected chi connectivity index (χ4v) is 5.75. The van der Waals surface area contributed by atoms with Gasteiger partial charge in [0, 0.05) is 12.1 Å². The summed E-state index contributed by atoms with van der Waals surface area (Å²) in [6, 6.07) is 15.3. The van der Waals surface area contributed by atoms with E-state index in [1.54, 1.807) is 12.1 Å². The van der Waals surface area contributed by atoms with Gasteiger partial charge in [0.2, 0.25) is 0 Å². The van der Waals surface area contributed by atoms with Crippen LogP contribution in [-0.4, -0.2) is 31.6 Å². The first-order valence-corrected chi connectivity index (χ1v) is 12.5. The first-order chi connectivity index (χ1) is 14.2. The van der Waals surface area contributed by atoms with E-state index in [1.807, 2.05) is 51.1 Å². The zero-order chi connectivity index (χ0) is 21.7. The number of aromatic nitrogens is 1. The maximum Gasteiger partial charge on any atom is 0.263 e. The topological polar surface area (TPSA) is 76.1 Å². The lowest BCUT2D eigenvalue weighted by atomic mass is 10.1. The normalized spacial score (nSPS) is 11.4. The Morgan fingerprint density at radius 2 is 1.80 bits per heavy atom. The first-order valence-electron chi connectivity index (χ1n) is 9.83. The van der Waals surface area contributed by atoms with E-state index in [9.17, 15) is 13.2 Å². The van der Waals surface area contributed by atoms with Crippen LogP contribution < -0.4 is 5.32 Å². The van der Waals surface area contributed by atoms with Gasteiger partial charge in [-0.1, -0.05) is 54.1 Å². The maximum atomic E-state index is 12.6. The van der Waals surface area contributed by atoms with Crippen LogP contribution in [0.15, 0.2) is 48.5 Å². The summed E-state index contributed by atoms with van der Waals surface area (Å²) in [6.07, 6.45) is 0.378. The second-order valence-corrected chi connectivity index (χ2v) is 10.6. The fourth-order valence-electron chi connectivity index (χ4n) is 3.25. The van der Waals surface area contributed by atoms with Gasteiger partial charge in [0.1, 0.15) is 9.88 Å². The van der Waals surface area contributed by atoms with E-state index >= 15 is 0 Å². The van der Waals surface area contributed by atoms with Crippen LogP contribution in [0, 0.1) is 20.8 Å². The van der Waals surface area contributed by atoms with E-state index < -0.39 is 9.84 Å². The number of amides is 1. The summed E-state index contributed by atoms with van der Waals surface area (Å²) in [4.78, 5) is 17.7. The first kappa shape index (κ1) is 22.2. The highest BCUT2D eigenvalue weighted by atomic mass is 32.2. The standard InChI is InChI=1S/C23H26N2O3S2/c1-16-10-11-20(17(2)14-16)23-25-18(3)21(29-23)22(26)24-12-7-13-30(27,28)15-19-8-5-4-6-9-19/h4-6,8-11,14H,7,12-13,15H2,1-3H3,(H,24,26). The average molecular weight is 443 g/mol. The lowest BCUT2D eigenvalue weighted by Crippen LogP contribution is -2.26. The Balaban J connectivity index is 1.56. The number of carbonyl (C=O) groups excluding carboxylic acids is 1. The van der Waals surface area contributed by atoms with E-state index in [1.165, 1.54) is 16.9 Å². The summed E-state index contributed by atoms with van der Waals surface area (Å²) < 4.78 is 24.5. The molecule has 0 radical (unpaired) electrons. The number of nitrogens with one attached hydrogen (secondary N) is 1. The SMILES string of the molecule is Cc1ccc(-c2nc(C)c(C(=O)NCCCS(=O)(=O)Cc3ccccc3)s2)c(C)c1. The second kappa shape index (κ2) is 9.53. The minimum absolute atomic E-state index is 0.0228. The minimum atomic E-state index is -3.21. The van der Waals surface area contributed by atoms with Crippen molar-refractivity contribution in [2.75, 3.05) is 12.3 Å². The molecule has 2 aromatic carbocycles. The third kappa shape index (κ3) is 5.77. The van der Waals surface area contributed by atoms with E-state index in [0.717, 1.165) is 21.7 Å². The molecule has 0 saturated heterocycles. The summed E-state index contributed by atoms with van der Waals surface area (Å²) in [7, 11) is -3.21. The smallest absolute Gasteiger partial charge is 0.263 e. The number of sulfone groups is 1. The molecular weight excluding hydrogens is 416 g/mol. The molecule has 0 bridgehead atoms. The Hall–Kier alpha value is -2.51. The Morgan fingerprint density at radius 3 is 2.50 bits per heavy atom. The van der Waals surface area contributed by atoms with Gasteiger partial charge in [-0.2, -0.15) is 0 Å². The van der Waals surface area contributed by atoms with Gasteiger partial charge < -0.3 is 5.32 Å². The number of hydrogen-bond donors (Lipinski definition) is 1. The number of rotatable bonds is 8. The highest BCUT2D eigenvalue weighted by Gasteiger charge is 2.17. The van der Waals surface area contributed by atoms with Crippen molar-refractivity contribution >= 4 is 27.1 Å². The molecular formula is C23H26N2O3S2. The largest absolute Gasteiger partial charge is 0.351 e. The molecule has 0 spiro atoms. The van der Waals surface area contributed by atoms with Crippen molar-refractivity contribution in [3.05, 3.63) is 75.8 Å². The third-order valence-corrected chi connectivity index (χ3v) is 7.64. The molecule has 0 aliphatic carbocycles. The van der Waals surface area contributed by atoms with Crippen LogP contribution >= 0.6 is 11.3 Å². The molecule has 1 aromatic heterocycles. The van der Waals surface area contributed by atoms with Crippen LogP contribution in [0.1, 0.15) is 38.5 Å². The van der Waals surface area contributed by atoms with Crippen LogP contribution in [0.3, 0.4) is 0 Å². The highest BCUT2D eigenvalue weighted by Crippen LogP contribution is 2.30. The molecule has 0 unspecified atom stereocenters. The summed E-state index contributed by atoms with van der Waals surface area (Å²) in [5.74, 6) is -0.145. The van der Waals surface area contributed by atoms with Gasteiger partial charge in [0.05, 0.1) is 17.2 Å². The van der Waals surface area contributed by atoms with Crippen LogP contribution in [0.2, 0.25) is 0 Å². The molecule has 0 aliphatic rings.